The number of nitrogens with zero attached hydrogens (tertiary/aromatic N) is 4. The average Bonchev–Trinajstić information content (AvgIpc) is 3.00. The van der Waals surface area contributed by atoms with E-state index in [0.29, 0.717) is 25.7 Å². The Labute approximate surface area is 164 Å². The van der Waals surface area contributed by atoms with Crippen molar-refractivity contribution in [2.24, 2.45) is 4.99 Å². The highest BCUT2D eigenvalue weighted by Gasteiger charge is 2.24. The van der Waals surface area contributed by atoms with Crippen molar-refractivity contribution in [3.8, 4) is 5.88 Å². The van der Waals surface area contributed by atoms with Crippen LogP contribution in [0.2, 0.25) is 0 Å². The Morgan fingerprint density at radius 3 is 2.64 bits per heavy atom. The minimum atomic E-state index is 0.146. The van der Waals surface area contributed by atoms with Crippen LogP contribution < -0.4 is 0 Å². The van der Waals surface area contributed by atoms with Crippen molar-refractivity contribution < 1.29 is 9.84 Å². The molecule has 0 saturated carbocycles. The van der Waals surface area contributed by atoms with Crippen LogP contribution in [0, 0.1) is 0 Å². The summed E-state index contributed by atoms with van der Waals surface area (Å²) < 4.78 is 7.57. The lowest BCUT2D eigenvalue weighted by Crippen LogP contribution is -2.18. The second-order valence-corrected chi connectivity index (χ2v) is 7.67. The van der Waals surface area contributed by atoms with Gasteiger partial charge >= 0.3 is 0 Å². The monoisotopic (exact) mass is 378 g/mol. The minimum absolute atomic E-state index is 0.146. The number of aliphatic imine (C=N–C) groups is 1. The maximum absolute atomic E-state index is 11.0. The lowest BCUT2D eigenvalue weighted by Gasteiger charge is -2.14. The van der Waals surface area contributed by atoms with Gasteiger partial charge < -0.3 is 14.4 Å². The van der Waals surface area contributed by atoms with E-state index in [1.807, 2.05) is 17.0 Å². The summed E-state index contributed by atoms with van der Waals surface area (Å²) in [7, 11) is 0. The van der Waals surface area contributed by atoms with Crippen LogP contribution in [0.4, 0.5) is 0 Å². The molecule has 0 bridgehead atoms. The normalized spacial score (nSPS) is 15.8. The van der Waals surface area contributed by atoms with E-state index >= 15 is 0 Å². The van der Waals surface area contributed by atoms with Crippen molar-refractivity contribution in [1.29, 1.82) is 0 Å². The standard InChI is InChI=1S/C22H26N4O2/c1-14(2)26-20-5-4-16(8-15(3)17-10-23-13-24-11-17)9-18(20)21(22(26)27)19-12-28-7-6-25-19/h4-5,9-11,13-15,27H,6-8,12H2,1-3H3. The molecule has 0 fully saturated rings. The van der Waals surface area contributed by atoms with Gasteiger partial charge in [-0.25, -0.2) is 9.97 Å². The smallest absolute Gasteiger partial charge is 0.201 e. The molecule has 0 aliphatic carbocycles. The van der Waals surface area contributed by atoms with E-state index in [1.165, 1.54) is 5.56 Å². The molecule has 3 heterocycles. The Hall–Kier alpha value is -2.73. The molecule has 1 unspecified atom stereocenters. The highest BCUT2D eigenvalue weighted by Crippen LogP contribution is 2.36. The molecule has 0 spiro atoms. The van der Waals surface area contributed by atoms with Crippen molar-refractivity contribution in [1.82, 2.24) is 14.5 Å². The van der Waals surface area contributed by atoms with Crippen molar-refractivity contribution in [3.05, 3.63) is 53.6 Å². The zero-order valence-electron chi connectivity index (χ0n) is 16.6. The number of ether oxygens (including phenoxy) is 1. The van der Waals surface area contributed by atoms with E-state index in [4.69, 9.17) is 4.74 Å². The third-order valence-electron chi connectivity index (χ3n) is 5.32. The molecule has 1 aliphatic heterocycles. The third kappa shape index (κ3) is 3.40. The maximum Gasteiger partial charge on any atom is 0.201 e. The van der Waals surface area contributed by atoms with Crippen LogP contribution in [0.5, 0.6) is 5.88 Å². The first-order valence-corrected chi connectivity index (χ1v) is 9.78. The van der Waals surface area contributed by atoms with Gasteiger partial charge in [0.2, 0.25) is 5.88 Å². The largest absolute Gasteiger partial charge is 0.494 e. The summed E-state index contributed by atoms with van der Waals surface area (Å²) in [4.78, 5) is 12.9. The average molecular weight is 378 g/mol. The Balaban J connectivity index is 1.78. The van der Waals surface area contributed by atoms with E-state index in [9.17, 15) is 5.11 Å². The van der Waals surface area contributed by atoms with Gasteiger partial charge in [-0.3, -0.25) is 4.99 Å². The van der Waals surface area contributed by atoms with E-state index in [-0.39, 0.29) is 11.9 Å². The molecule has 1 atom stereocenters. The van der Waals surface area contributed by atoms with Crippen LogP contribution >= 0.6 is 0 Å². The molecule has 0 saturated heterocycles. The van der Waals surface area contributed by atoms with E-state index in [2.05, 4.69) is 53.9 Å². The van der Waals surface area contributed by atoms with E-state index < -0.39 is 0 Å². The molecule has 2 aromatic heterocycles. The molecule has 28 heavy (non-hydrogen) atoms. The minimum Gasteiger partial charge on any atom is -0.494 e. The van der Waals surface area contributed by atoms with E-state index in [1.54, 1.807) is 6.33 Å². The molecule has 0 radical (unpaired) electrons. The predicted octanol–water partition coefficient (Wildman–Crippen LogP) is 3.88. The van der Waals surface area contributed by atoms with Gasteiger partial charge in [0.1, 0.15) is 6.33 Å². The second-order valence-electron chi connectivity index (χ2n) is 7.67. The summed E-state index contributed by atoms with van der Waals surface area (Å²) in [5.74, 6) is 0.578. The summed E-state index contributed by atoms with van der Waals surface area (Å²) >= 11 is 0. The van der Waals surface area contributed by atoms with Gasteiger partial charge in [-0.1, -0.05) is 13.0 Å². The number of benzene rings is 1. The molecule has 146 valence electrons. The summed E-state index contributed by atoms with van der Waals surface area (Å²) in [5, 5.41) is 12.0. The first-order valence-electron chi connectivity index (χ1n) is 9.78. The fourth-order valence-corrected chi connectivity index (χ4v) is 3.93. The first kappa shape index (κ1) is 18.6. The Kier molecular flexibility index (Phi) is 5.13. The van der Waals surface area contributed by atoms with Gasteiger partial charge in [0.15, 0.2) is 0 Å². The molecule has 6 nitrogen and oxygen atoms in total. The van der Waals surface area contributed by atoms with Crippen LogP contribution in [0.3, 0.4) is 0 Å². The Morgan fingerprint density at radius 1 is 1.18 bits per heavy atom. The molecule has 1 aliphatic rings. The SMILES string of the molecule is CC(Cc1ccc2c(c1)c(C1=NCCOC1)c(O)n2C(C)C)c1cncnc1. The molecular formula is C22H26N4O2. The lowest BCUT2D eigenvalue weighted by molar-refractivity contribution is 0.171. The van der Waals surface area contributed by atoms with Gasteiger partial charge in [-0.15, -0.1) is 0 Å². The van der Waals surface area contributed by atoms with Crippen molar-refractivity contribution in [2.75, 3.05) is 19.8 Å². The number of rotatable bonds is 5. The zero-order valence-corrected chi connectivity index (χ0v) is 16.6. The Bertz CT molecular complexity index is 1010. The molecule has 1 N–H and O–H groups in total. The van der Waals surface area contributed by atoms with E-state index in [0.717, 1.165) is 34.2 Å². The van der Waals surface area contributed by atoms with Crippen LogP contribution in [0.25, 0.3) is 10.9 Å². The Morgan fingerprint density at radius 2 is 1.96 bits per heavy atom. The highest BCUT2D eigenvalue weighted by molar-refractivity contribution is 6.14. The van der Waals surface area contributed by atoms with Gasteiger partial charge in [-0.05, 0) is 49.4 Å². The van der Waals surface area contributed by atoms with Crippen LogP contribution in [-0.2, 0) is 11.2 Å². The van der Waals surface area contributed by atoms with Gasteiger partial charge in [-0.2, -0.15) is 0 Å². The fourth-order valence-electron chi connectivity index (χ4n) is 3.93. The number of hydrogen-bond acceptors (Lipinski definition) is 5. The first-order chi connectivity index (χ1) is 13.6. The number of aromatic nitrogens is 3. The maximum atomic E-state index is 11.0. The lowest BCUT2D eigenvalue weighted by atomic mass is 9.94. The molecule has 3 aromatic rings. The number of aromatic hydroxyl groups is 1. The molecule has 6 heteroatoms. The van der Waals surface area contributed by atoms with Crippen molar-refractivity contribution in [3.63, 3.8) is 0 Å². The fraction of sp³-hybridized carbons (Fsp3) is 0.409. The zero-order chi connectivity index (χ0) is 19.7. The number of fused-ring (bicyclic) bond motifs is 1. The summed E-state index contributed by atoms with van der Waals surface area (Å²) in [6.45, 7) is 8.04. The van der Waals surface area contributed by atoms with Crippen LogP contribution in [-0.4, -0.2) is 45.1 Å². The molecule has 0 amide bonds. The van der Waals surface area contributed by atoms with Gasteiger partial charge in [0.25, 0.3) is 0 Å². The van der Waals surface area contributed by atoms with Gasteiger partial charge in [0.05, 0.1) is 36.6 Å². The molecular weight excluding hydrogens is 352 g/mol. The number of hydrogen-bond donors (Lipinski definition) is 1. The third-order valence-corrected chi connectivity index (χ3v) is 5.32. The summed E-state index contributed by atoms with van der Waals surface area (Å²) in [6.07, 6.45) is 6.17. The van der Waals surface area contributed by atoms with Gasteiger partial charge in [0, 0.05) is 23.8 Å². The van der Waals surface area contributed by atoms with Crippen LogP contribution in [0.1, 0.15) is 49.4 Å². The quantitative estimate of drug-likeness (QED) is 0.731. The van der Waals surface area contributed by atoms with Crippen molar-refractivity contribution in [2.45, 2.75) is 39.2 Å². The van der Waals surface area contributed by atoms with Crippen LogP contribution in [0.15, 0.2) is 41.9 Å². The summed E-state index contributed by atoms with van der Waals surface area (Å²) in [6, 6.07) is 6.57. The molecule has 4 rings (SSSR count). The predicted molar refractivity (Wildman–Crippen MR) is 110 cm³/mol. The van der Waals surface area contributed by atoms with Crippen molar-refractivity contribution >= 4 is 16.6 Å². The topological polar surface area (TPSA) is 72.5 Å². The summed E-state index contributed by atoms with van der Waals surface area (Å²) in [5.41, 5.74) is 4.99. The molecule has 1 aromatic carbocycles. The highest BCUT2D eigenvalue weighted by atomic mass is 16.5. The second kappa shape index (κ2) is 7.72.